The Balaban J connectivity index is 0.00000162. The fraction of sp³-hybridized carbons (Fsp3) is 0.800. The lowest BCUT2D eigenvalue weighted by Crippen LogP contribution is -2.40. The molecule has 2 aliphatic heterocycles. The molecule has 102 valence electrons. The molecule has 2 heterocycles. The SMILES string of the molecule is Cl.O=[N+]([O-])C1(CC(O)CN2CCCC2)N=CC=N1. The lowest BCUT2D eigenvalue weighted by atomic mass is 10.1. The van der Waals surface area contributed by atoms with Gasteiger partial charge in [-0.2, -0.15) is 9.98 Å². The fourth-order valence-electron chi connectivity index (χ4n) is 2.26. The molecular formula is C10H17ClN4O3. The maximum Gasteiger partial charge on any atom is 0.414 e. The van der Waals surface area contributed by atoms with Crippen LogP contribution in [0.15, 0.2) is 9.98 Å². The van der Waals surface area contributed by atoms with Gasteiger partial charge in [-0.1, -0.05) is 0 Å². The number of aliphatic hydroxyl groups is 1. The second-order valence-corrected chi connectivity index (χ2v) is 4.45. The monoisotopic (exact) mass is 276 g/mol. The van der Waals surface area contributed by atoms with Crippen LogP contribution in [0.3, 0.4) is 0 Å². The van der Waals surface area contributed by atoms with Crippen LogP contribution in [0.1, 0.15) is 19.3 Å². The highest BCUT2D eigenvalue weighted by Gasteiger charge is 2.45. The smallest absolute Gasteiger partial charge is 0.391 e. The topological polar surface area (TPSA) is 91.3 Å². The maximum atomic E-state index is 10.9. The zero-order valence-electron chi connectivity index (χ0n) is 9.94. The average Bonchev–Trinajstić information content (AvgIpc) is 2.89. The van der Waals surface area contributed by atoms with E-state index in [1.807, 2.05) is 0 Å². The molecule has 0 saturated carbocycles. The number of aliphatic imine (C=N–C) groups is 2. The molecule has 0 aromatic heterocycles. The van der Waals surface area contributed by atoms with Gasteiger partial charge in [-0.3, -0.25) is 10.1 Å². The Labute approximate surface area is 111 Å². The molecule has 1 unspecified atom stereocenters. The van der Waals surface area contributed by atoms with Gasteiger partial charge in [0.1, 0.15) is 0 Å². The summed E-state index contributed by atoms with van der Waals surface area (Å²) in [5, 5.41) is 20.8. The number of halogens is 1. The van der Waals surface area contributed by atoms with E-state index in [-0.39, 0.29) is 18.8 Å². The molecular weight excluding hydrogens is 260 g/mol. The summed E-state index contributed by atoms with van der Waals surface area (Å²) < 4.78 is 0. The second kappa shape index (κ2) is 6.21. The first-order chi connectivity index (χ1) is 8.12. The van der Waals surface area contributed by atoms with E-state index >= 15 is 0 Å². The molecule has 2 aliphatic rings. The van der Waals surface area contributed by atoms with Gasteiger partial charge in [0.2, 0.25) is 0 Å². The van der Waals surface area contributed by atoms with Crippen molar-refractivity contribution < 1.29 is 10.0 Å². The van der Waals surface area contributed by atoms with E-state index < -0.39 is 16.8 Å². The number of hydrogen-bond donors (Lipinski definition) is 1. The number of hydrogen-bond acceptors (Lipinski definition) is 6. The number of β-amino-alcohol motifs (C(OH)–C–C–N with tert-alkyl or cyclic N) is 1. The molecule has 1 atom stereocenters. The van der Waals surface area contributed by atoms with Crippen LogP contribution >= 0.6 is 12.4 Å². The third kappa shape index (κ3) is 3.24. The highest BCUT2D eigenvalue weighted by molar-refractivity contribution is 6.17. The van der Waals surface area contributed by atoms with Gasteiger partial charge in [-0.05, 0) is 25.9 Å². The third-order valence-corrected chi connectivity index (χ3v) is 3.10. The van der Waals surface area contributed by atoms with E-state index in [1.165, 1.54) is 12.4 Å². The zero-order chi connectivity index (χ0) is 12.3. The summed E-state index contributed by atoms with van der Waals surface area (Å²) >= 11 is 0. The van der Waals surface area contributed by atoms with Crippen LogP contribution in [0.2, 0.25) is 0 Å². The predicted molar refractivity (Wildman–Crippen MR) is 70.3 cm³/mol. The second-order valence-electron chi connectivity index (χ2n) is 4.45. The van der Waals surface area contributed by atoms with Crippen molar-refractivity contribution in [2.45, 2.75) is 31.2 Å². The number of nitrogens with zero attached hydrogens (tertiary/aromatic N) is 4. The Bertz CT molecular complexity index is 343. The van der Waals surface area contributed by atoms with Crippen LogP contribution in [-0.4, -0.2) is 58.9 Å². The number of likely N-dealkylation sites (tertiary alicyclic amines) is 1. The quantitative estimate of drug-likeness (QED) is 0.579. The van der Waals surface area contributed by atoms with Crippen molar-refractivity contribution in [3.63, 3.8) is 0 Å². The molecule has 8 heteroatoms. The van der Waals surface area contributed by atoms with E-state index in [4.69, 9.17) is 0 Å². The van der Waals surface area contributed by atoms with Crippen molar-refractivity contribution in [2.24, 2.45) is 9.98 Å². The first-order valence-electron chi connectivity index (χ1n) is 5.76. The Morgan fingerprint density at radius 1 is 1.39 bits per heavy atom. The van der Waals surface area contributed by atoms with E-state index in [2.05, 4.69) is 14.9 Å². The van der Waals surface area contributed by atoms with Gasteiger partial charge in [0.25, 0.3) is 0 Å². The zero-order valence-corrected chi connectivity index (χ0v) is 10.8. The summed E-state index contributed by atoms with van der Waals surface area (Å²) in [6.45, 7) is 2.37. The molecule has 7 nitrogen and oxygen atoms in total. The summed E-state index contributed by atoms with van der Waals surface area (Å²) in [6, 6.07) is 0. The van der Waals surface area contributed by atoms with E-state index in [9.17, 15) is 15.2 Å². The number of rotatable bonds is 5. The largest absolute Gasteiger partial charge is 0.414 e. The van der Waals surface area contributed by atoms with Gasteiger partial charge in [0.15, 0.2) is 0 Å². The molecule has 0 aromatic rings. The molecule has 0 radical (unpaired) electrons. The molecule has 0 aromatic carbocycles. The van der Waals surface area contributed by atoms with Crippen LogP contribution in [0.25, 0.3) is 0 Å². The minimum absolute atomic E-state index is 0. The Morgan fingerprint density at radius 3 is 2.44 bits per heavy atom. The average molecular weight is 277 g/mol. The Kier molecular flexibility index (Phi) is 5.18. The van der Waals surface area contributed by atoms with Crippen LogP contribution in [0.4, 0.5) is 0 Å². The summed E-state index contributed by atoms with van der Waals surface area (Å²) in [5.41, 5.74) is 0. The normalized spacial score (nSPS) is 22.9. The highest BCUT2D eigenvalue weighted by atomic mass is 35.5. The summed E-state index contributed by atoms with van der Waals surface area (Å²) in [4.78, 5) is 20.0. The molecule has 0 aliphatic carbocycles. The Hall–Kier alpha value is -1.05. The van der Waals surface area contributed by atoms with Gasteiger partial charge in [0.05, 0.1) is 17.4 Å². The third-order valence-electron chi connectivity index (χ3n) is 3.10. The van der Waals surface area contributed by atoms with Crippen molar-refractivity contribution in [2.75, 3.05) is 19.6 Å². The lowest BCUT2D eigenvalue weighted by molar-refractivity contribution is -0.568. The number of aliphatic hydroxyl groups excluding tert-OH is 1. The minimum Gasteiger partial charge on any atom is -0.391 e. The number of nitro groups is 1. The standard InChI is InChI=1S/C10H16N4O3.ClH/c15-9(8-13-5-1-2-6-13)7-10(14(16)17)11-3-4-12-10;/h3-4,9,15H,1-2,5-8H2;1H. The van der Waals surface area contributed by atoms with Crippen molar-refractivity contribution >= 4 is 24.8 Å². The molecule has 2 rings (SSSR count). The van der Waals surface area contributed by atoms with Crippen LogP contribution in [0, 0.1) is 10.1 Å². The van der Waals surface area contributed by atoms with E-state index in [0.29, 0.717) is 6.54 Å². The van der Waals surface area contributed by atoms with Crippen LogP contribution < -0.4 is 0 Å². The molecule has 18 heavy (non-hydrogen) atoms. The first-order valence-corrected chi connectivity index (χ1v) is 5.76. The molecule has 1 saturated heterocycles. The molecule has 0 spiro atoms. The highest BCUT2D eigenvalue weighted by Crippen LogP contribution is 2.23. The minimum atomic E-state index is -1.70. The summed E-state index contributed by atoms with van der Waals surface area (Å²) in [7, 11) is 0. The molecule has 1 N–H and O–H groups in total. The maximum absolute atomic E-state index is 10.9. The van der Waals surface area contributed by atoms with Gasteiger partial charge in [0, 0.05) is 19.0 Å². The van der Waals surface area contributed by atoms with Crippen molar-refractivity contribution in [1.29, 1.82) is 0 Å². The Morgan fingerprint density at radius 2 is 1.94 bits per heavy atom. The van der Waals surface area contributed by atoms with E-state index in [0.717, 1.165) is 25.9 Å². The van der Waals surface area contributed by atoms with Crippen molar-refractivity contribution in [1.82, 2.24) is 4.90 Å². The fourth-order valence-corrected chi connectivity index (χ4v) is 2.26. The molecule has 0 amide bonds. The predicted octanol–water partition coefficient (Wildman–Crippen LogP) is 0.341. The molecule has 1 fully saturated rings. The van der Waals surface area contributed by atoms with Crippen LogP contribution in [0.5, 0.6) is 0 Å². The molecule has 0 bridgehead atoms. The van der Waals surface area contributed by atoms with Gasteiger partial charge >= 0.3 is 5.79 Å². The summed E-state index contributed by atoms with van der Waals surface area (Å²) in [6.07, 6.45) is 4.04. The lowest BCUT2D eigenvalue weighted by Gasteiger charge is -2.22. The van der Waals surface area contributed by atoms with Gasteiger partial charge in [-0.15, -0.1) is 12.4 Å². The van der Waals surface area contributed by atoms with Crippen molar-refractivity contribution in [3.05, 3.63) is 10.1 Å². The van der Waals surface area contributed by atoms with Gasteiger partial charge in [-0.25, -0.2) is 0 Å². The van der Waals surface area contributed by atoms with Crippen LogP contribution in [-0.2, 0) is 0 Å². The summed E-state index contributed by atoms with van der Waals surface area (Å²) in [5.74, 6) is -1.70. The van der Waals surface area contributed by atoms with E-state index in [1.54, 1.807) is 0 Å². The van der Waals surface area contributed by atoms with Crippen molar-refractivity contribution in [3.8, 4) is 0 Å². The van der Waals surface area contributed by atoms with Gasteiger partial charge < -0.3 is 10.0 Å². The first kappa shape index (κ1) is 15.0.